The standard InChI is InChI=1S/C52H55N11O5S/c1-31-9-21-40-46(47(69-51(40)55-31)49(65)57-36-17-15-35-27-39(20-16-34(35)26-36)63-28-37-18-19-38(29-63)56-37)54-24-6-5-23-53-45(64)22-14-32-10-12-33(13-11-32)25-44-59-48(61-60-44)50(66)58-41-30-68-43-8-4-3-7-42(43)62(2)52(41)67/h3-4,7-13,16,20-21,27,36-38,41,54,56H,5-6,15,17-19,23-26,28-30H2,1-2H3,(H,53,64)(H,57,65)(H,58,66)(H,59,60,61)/t36-,37-,38+,41-/m0/s1. The van der Waals surface area contributed by atoms with Crippen molar-refractivity contribution in [2.75, 3.05) is 55.0 Å². The van der Waals surface area contributed by atoms with E-state index in [0.717, 1.165) is 72.4 Å². The number of fused-ring (bicyclic) bond motifs is 5. The molecule has 4 aliphatic rings. The van der Waals surface area contributed by atoms with Gasteiger partial charge in [-0.1, -0.05) is 36.3 Å². The maximum absolute atomic E-state index is 13.9. The summed E-state index contributed by atoms with van der Waals surface area (Å²) >= 11 is 1.42. The highest BCUT2D eigenvalue weighted by molar-refractivity contribution is 7.21. The van der Waals surface area contributed by atoms with Crippen molar-refractivity contribution >= 4 is 62.2 Å². The number of carbonyl (C=O) groups is 4. The van der Waals surface area contributed by atoms with Gasteiger partial charge in [0.05, 0.1) is 11.4 Å². The summed E-state index contributed by atoms with van der Waals surface area (Å²) < 4.78 is 5.79. The quantitative estimate of drug-likeness (QED) is 0.0669. The Hall–Kier alpha value is -7.29. The van der Waals surface area contributed by atoms with Crippen LogP contribution in [0.25, 0.3) is 10.2 Å². The van der Waals surface area contributed by atoms with Gasteiger partial charge in [0, 0.05) is 86.0 Å². The van der Waals surface area contributed by atoms with Crippen molar-refractivity contribution in [1.29, 1.82) is 0 Å². The molecular formula is C52H55N11O5S. The first kappa shape index (κ1) is 45.5. The number of nitrogens with zero attached hydrogens (tertiary/aromatic N) is 5. The Morgan fingerprint density at radius 1 is 0.899 bits per heavy atom. The third kappa shape index (κ3) is 10.4. The molecule has 0 saturated carbocycles. The minimum Gasteiger partial charge on any atom is -0.489 e. The molecule has 6 heterocycles. The first-order valence-corrected chi connectivity index (χ1v) is 24.6. The molecule has 6 aromatic rings. The molecule has 3 aromatic carbocycles. The fraction of sp³-hybridized carbons (Fsp3) is 0.365. The SMILES string of the molecule is Cc1ccc2c(NCCCCNC(=O)C#Cc3ccc(Cc4nc(C(=O)N[C@H]5COc6ccccc6N(C)C5=O)n[nH]4)cc3)c(C(=O)N[C@H]3CCc4cc(N5C[C@H]6CC[C@@H](C5)N6)ccc4C3)sc2n1. The number of piperazine rings is 1. The van der Waals surface area contributed by atoms with Gasteiger partial charge in [0.25, 0.3) is 23.6 Å². The van der Waals surface area contributed by atoms with Crippen LogP contribution >= 0.6 is 11.3 Å². The van der Waals surface area contributed by atoms with E-state index < -0.39 is 11.9 Å². The largest absolute Gasteiger partial charge is 0.489 e. The van der Waals surface area contributed by atoms with Gasteiger partial charge in [-0.2, -0.15) is 0 Å². The van der Waals surface area contributed by atoms with Crippen LogP contribution in [-0.2, 0) is 28.9 Å². The Labute approximate surface area is 404 Å². The lowest BCUT2D eigenvalue weighted by Gasteiger charge is -2.35. The van der Waals surface area contributed by atoms with Gasteiger partial charge in [-0.3, -0.25) is 24.3 Å². The molecule has 3 aromatic heterocycles. The zero-order valence-electron chi connectivity index (χ0n) is 38.7. The van der Waals surface area contributed by atoms with Gasteiger partial charge in [-0.15, -0.1) is 16.4 Å². The number of anilines is 3. The van der Waals surface area contributed by atoms with Gasteiger partial charge in [-0.25, -0.2) is 9.97 Å². The number of unbranched alkanes of at least 4 members (excludes halogenated alkanes) is 1. The average Bonchev–Trinajstić information content (AvgIpc) is 4.06. The summed E-state index contributed by atoms with van der Waals surface area (Å²) in [4.78, 5) is 67.2. The topological polar surface area (TPSA) is 199 Å². The van der Waals surface area contributed by atoms with E-state index in [1.165, 1.54) is 45.9 Å². The Morgan fingerprint density at radius 2 is 1.71 bits per heavy atom. The monoisotopic (exact) mass is 945 g/mol. The number of H-pyrrole nitrogens is 1. The van der Waals surface area contributed by atoms with E-state index in [1.807, 2.05) is 55.5 Å². The summed E-state index contributed by atoms with van der Waals surface area (Å²) in [7, 11) is 1.64. The number of aryl methyl sites for hydroxylation is 2. The zero-order valence-corrected chi connectivity index (χ0v) is 39.5. The first-order valence-electron chi connectivity index (χ1n) is 23.8. The fourth-order valence-electron chi connectivity index (χ4n) is 9.72. The van der Waals surface area contributed by atoms with Crippen LogP contribution in [0.15, 0.2) is 78.9 Å². The molecule has 3 aliphatic heterocycles. The van der Waals surface area contributed by atoms with E-state index in [-0.39, 0.29) is 36.2 Å². The Balaban J connectivity index is 0.663. The normalized spacial score (nSPS) is 19.4. The minimum absolute atomic E-state index is 0.0228. The van der Waals surface area contributed by atoms with E-state index in [4.69, 9.17) is 9.72 Å². The van der Waals surface area contributed by atoms with Crippen molar-refractivity contribution in [3.8, 4) is 17.6 Å². The molecule has 0 unspecified atom stereocenters. The summed E-state index contributed by atoms with van der Waals surface area (Å²) in [5.74, 6) is 5.19. The van der Waals surface area contributed by atoms with Crippen molar-refractivity contribution in [3.05, 3.63) is 123 Å². The van der Waals surface area contributed by atoms with E-state index in [0.29, 0.717) is 59.3 Å². The van der Waals surface area contributed by atoms with Gasteiger partial charge in [-0.05, 0) is 117 Å². The highest BCUT2D eigenvalue weighted by atomic mass is 32.1. The van der Waals surface area contributed by atoms with Crippen LogP contribution < -0.4 is 41.1 Å². The number of carbonyl (C=O) groups excluding carboxylic acids is 4. The molecule has 354 valence electrons. The molecule has 2 bridgehead atoms. The Morgan fingerprint density at radius 3 is 2.55 bits per heavy atom. The van der Waals surface area contributed by atoms with Crippen LogP contribution in [0.2, 0.25) is 0 Å². The third-order valence-corrected chi connectivity index (χ3v) is 14.5. The second-order valence-electron chi connectivity index (χ2n) is 18.3. The van der Waals surface area contributed by atoms with Crippen LogP contribution in [-0.4, -0.2) is 108 Å². The first-order chi connectivity index (χ1) is 33.6. The van der Waals surface area contributed by atoms with E-state index >= 15 is 0 Å². The number of aromatic amines is 1. The third-order valence-electron chi connectivity index (χ3n) is 13.4. The van der Waals surface area contributed by atoms with Crippen LogP contribution in [0.3, 0.4) is 0 Å². The summed E-state index contributed by atoms with van der Waals surface area (Å²) in [5, 5.41) is 24.0. The lowest BCUT2D eigenvalue weighted by atomic mass is 9.87. The van der Waals surface area contributed by atoms with Crippen molar-refractivity contribution in [2.45, 2.75) is 82.5 Å². The van der Waals surface area contributed by atoms with Crippen LogP contribution in [0.4, 0.5) is 17.1 Å². The van der Waals surface area contributed by atoms with E-state index in [9.17, 15) is 19.2 Å². The Bertz CT molecular complexity index is 2960. The van der Waals surface area contributed by atoms with Crippen molar-refractivity contribution in [1.82, 2.24) is 41.4 Å². The number of benzene rings is 3. The molecule has 10 rings (SSSR count). The number of ether oxygens (including phenoxy) is 1. The van der Waals surface area contributed by atoms with Gasteiger partial charge >= 0.3 is 0 Å². The second-order valence-corrected chi connectivity index (χ2v) is 19.3. The molecule has 2 fully saturated rings. The number of hydrogen-bond acceptors (Lipinski definition) is 12. The number of pyridine rings is 1. The van der Waals surface area contributed by atoms with Crippen molar-refractivity contribution < 1.29 is 23.9 Å². The molecule has 0 spiro atoms. The summed E-state index contributed by atoms with van der Waals surface area (Å²) in [5.41, 5.74) is 7.93. The highest BCUT2D eigenvalue weighted by Crippen LogP contribution is 2.36. The maximum atomic E-state index is 13.9. The molecule has 16 nitrogen and oxygen atoms in total. The van der Waals surface area contributed by atoms with Gasteiger partial charge < -0.3 is 41.1 Å². The number of amides is 4. The summed E-state index contributed by atoms with van der Waals surface area (Å²) in [6.45, 7) is 5.16. The molecule has 1 aliphatic carbocycles. The molecule has 69 heavy (non-hydrogen) atoms. The minimum atomic E-state index is -0.912. The second kappa shape index (κ2) is 20.1. The fourth-order valence-corrected chi connectivity index (χ4v) is 10.8. The predicted molar refractivity (Wildman–Crippen MR) is 266 cm³/mol. The smallest absolute Gasteiger partial charge is 0.296 e. The summed E-state index contributed by atoms with van der Waals surface area (Å²) in [6.07, 6.45) is 7.05. The molecule has 6 N–H and O–H groups in total. The lowest BCUT2D eigenvalue weighted by Crippen LogP contribution is -2.51. The number of para-hydroxylation sites is 2. The predicted octanol–water partition coefficient (Wildman–Crippen LogP) is 5.06. The summed E-state index contributed by atoms with van der Waals surface area (Å²) in [6, 6.07) is 25.8. The number of nitrogens with one attached hydrogen (secondary N) is 6. The number of aromatic nitrogens is 4. The average molecular weight is 946 g/mol. The lowest BCUT2D eigenvalue weighted by molar-refractivity contribution is -0.120. The molecule has 4 amide bonds. The molecule has 4 atom stereocenters. The highest BCUT2D eigenvalue weighted by Gasteiger charge is 2.34. The maximum Gasteiger partial charge on any atom is 0.296 e. The van der Waals surface area contributed by atoms with Crippen molar-refractivity contribution in [2.24, 2.45) is 0 Å². The van der Waals surface area contributed by atoms with Gasteiger partial charge in [0.2, 0.25) is 5.82 Å². The van der Waals surface area contributed by atoms with Crippen LogP contribution in [0, 0.1) is 18.8 Å². The number of hydrogen-bond donors (Lipinski definition) is 6. The van der Waals surface area contributed by atoms with E-state index in [2.05, 4.69) is 76.7 Å². The van der Waals surface area contributed by atoms with E-state index in [1.54, 1.807) is 19.2 Å². The number of rotatable bonds is 13. The molecule has 0 radical (unpaired) electrons. The molecule has 2 saturated heterocycles. The Kier molecular flexibility index (Phi) is 13.3. The van der Waals surface area contributed by atoms with Gasteiger partial charge in [0.1, 0.15) is 33.9 Å². The number of thiophene rings is 1. The zero-order chi connectivity index (χ0) is 47.4. The van der Waals surface area contributed by atoms with Crippen LogP contribution in [0.1, 0.15) is 86.2 Å². The van der Waals surface area contributed by atoms with Crippen molar-refractivity contribution in [3.63, 3.8) is 0 Å². The number of likely N-dealkylation sites (N-methyl/N-ethyl adjacent to an activating group) is 1. The molecule has 17 heteroatoms. The van der Waals surface area contributed by atoms with Gasteiger partial charge in [0.15, 0.2) is 0 Å². The van der Waals surface area contributed by atoms with Crippen LogP contribution in [0.5, 0.6) is 5.75 Å². The molecular weight excluding hydrogens is 891 g/mol.